The highest BCUT2D eigenvalue weighted by atomic mass is 19.1. The summed E-state index contributed by atoms with van der Waals surface area (Å²) in [7, 11) is 0. The van der Waals surface area contributed by atoms with Crippen LogP contribution in [-0.4, -0.2) is 0 Å². The first-order chi connectivity index (χ1) is 12.7. The molecule has 1 aromatic rings. The van der Waals surface area contributed by atoms with E-state index in [0.717, 1.165) is 23.3 Å². The Morgan fingerprint density at radius 1 is 0.962 bits per heavy atom. The van der Waals surface area contributed by atoms with Gasteiger partial charge in [0.1, 0.15) is 11.9 Å². The number of hydrogen-bond acceptors (Lipinski definition) is 1. The Balaban J connectivity index is 1.59. The summed E-state index contributed by atoms with van der Waals surface area (Å²) in [4.78, 5) is 0. The first kappa shape index (κ1) is 19.4. The first-order valence-electron chi connectivity index (χ1n) is 10.9. The maximum absolute atomic E-state index is 14.5. The second kappa shape index (κ2) is 9.03. The Morgan fingerprint density at radius 2 is 1.58 bits per heavy atom. The summed E-state index contributed by atoms with van der Waals surface area (Å²) in [5.74, 6) is 3.03. The summed E-state index contributed by atoms with van der Waals surface area (Å²) in [5, 5.41) is 9.08. The monoisotopic (exact) mass is 355 g/mol. The van der Waals surface area contributed by atoms with Crippen LogP contribution in [0.3, 0.4) is 0 Å². The molecule has 0 aromatic heterocycles. The van der Waals surface area contributed by atoms with E-state index in [0.29, 0.717) is 12.3 Å². The molecule has 0 heterocycles. The minimum atomic E-state index is -0.274. The Morgan fingerprint density at radius 3 is 2.12 bits per heavy atom. The van der Waals surface area contributed by atoms with Crippen molar-refractivity contribution in [2.45, 2.75) is 90.4 Å². The molecule has 3 rings (SSSR count). The lowest BCUT2D eigenvalue weighted by atomic mass is 9.67. The molecule has 2 heteroatoms. The normalized spacial score (nSPS) is 29.3. The van der Waals surface area contributed by atoms with Crippen molar-refractivity contribution in [3.8, 4) is 6.07 Å². The molecule has 0 radical (unpaired) electrons. The topological polar surface area (TPSA) is 23.8 Å². The van der Waals surface area contributed by atoms with Gasteiger partial charge >= 0.3 is 0 Å². The Bertz CT molecular complexity index is 628. The van der Waals surface area contributed by atoms with E-state index in [2.05, 4.69) is 6.92 Å². The van der Waals surface area contributed by atoms with Gasteiger partial charge in [-0.3, -0.25) is 0 Å². The lowest BCUT2D eigenvalue weighted by molar-refractivity contribution is 0.156. The number of halogens is 1. The fraction of sp³-hybridized carbons (Fsp3) is 0.708. The van der Waals surface area contributed by atoms with Crippen molar-refractivity contribution in [2.24, 2.45) is 17.8 Å². The molecule has 142 valence electrons. The fourth-order valence-corrected chi connectivity index (χ4v) is 5.72. The second-order valence-corrected chi connectivity index (χ2v) is 8.64. The van der Waals surface area contributed by atoms with Crippen molar-refractivity contribution in [1.82, 2.24) is 0 Å². The highest BCUT2D eigenvalue weighted by Crippen LogP contribution is 2.45. The van der Waals surface area contributed by atoms with E-state index in [1.165, 1.54) is 69.8 Å². The summed E-state index contributed by atoms with van der Waals surface area (Å²) in [6, 6.07) is 5.70. The van der Waals surface area contributed by atoms with Gasteiger partial charge < -0.3 is 0 Å². The molecular formula is C24H34FN. The Kier molecular flexibility index (Phi) is 6.74. The molecule has 0 amide bonds. The van der Waals surface area contributed by atoms with Gasteiger partial charge in [-0.1, -0.05) is 45.6 Å². The maximum Gasteiger partial charge on any atom is 0.144 e. The van der Waals surface area contributed by atoms with Crippen molar-refractivity contribution < 1.29 is 4.39 Å². The van der Waals surface area contributed by atoms with Gasteiger partial charge in [-0.05, 0) is 85.8 Å². The van der Waals surface area contributed by atoms with Crippen LogP contribution in [0.4, 0.5) is 4.39 Å². The van der Waals surface area contributed by atoms with Crippen molar-refractivity contribution in [2.75, 3.05) is 0 Å². The minimum Gasteiger partial charge on any atom is -0.205 e. The van der Waals surface area contributed by atoms with Crippen LogP contribution in [0.1, 0.15) is 101 Å². The summed E-state index contributed by atoms with van der Waals surface area (Å²) in [6.07, 6.45) is 14.2. The summed E-state index contributed by atoms with van der Waals surface area (Å²) in [6.45, 7) is 4.31. The van der Waals surface area contributed by atoms with Crippen LogP contribution >= 0.6 is 0 Å². The quantitative estimate of drug-likeness (QED) is 0.550. The zero-order chi connectivity index (χ0) is 18.5. The SMILES string of the molecule is CCC[C@H]1CC[C@H]([C@H]2CC[C@H](c3ccc(C#N)c(F)c3CC)CC2)CC1. The Hall–Kier alpha value is -1.36. The Labute approximate surface area is 159 Å². The van der Waals surface area contributed by atoms with Gasteiger partial charge in [0.25, 0.3) is 0 Å². The van der Waals surface area contributed by atoms with E-state index < -0.39 is 0 Å². The van der Waals surface area contributed by atoms with Crippen LogP contribution < -0.4 is 0 Å². The molecule has 0 atom stereocenters. The largest absolute Gasteiger partial charge is 0.205 e. The molecule has 2 aliphatic rings. The molecule has 2 saturated carbocycles. The maximum atomic E-state index is 14.5. The van der Waals surface area contributed by atoms with E-state index in [-0.39, 0.29) is 11.4 Å². The van der Waals surface area contributed by atoms with Crippen LogP contribution in [0, 0.1) is 34.9 Å². The molecule has 2 fully saturated rings. The van der Waals surface area contributed by atoms with Crippen molar-refractivity contribution >= 4 is 0 Å². The molecule has 0 N–H and O–H groups in total. The molecule has 26 heavy (non-hydrogen) atoms. The van der Waals surface area contributed by atoms with Gasteiger partial charge in [0.15, 0.2) is 0 Å². The van der Waals surface area contributed by atoms with E-state index in [1.54, 1.807) is 6.07 Å². The summed E-state index contributed by atoms with van der Waals surface area (Å²) < 4.78 is 14.5. The van der Waals surface area contributed by atoms with Crippen LogP contribution in [0.15, 0.2) is 12.1 Å². The molecule has 0 unspecified atom stereocenters. The van der Waals surface area contributed by atoms with Gasteiger partial charge in [-0.25, -0.2) is 4.39 Å². The third-order valence-corrected chi connectivity index (χ3v) is 7.22. The van der Waals surface area contributed by atoms with E-state index in [4.69, 9.17) is 5.26 Å². The predicted molar refractivity (Wildman–Crippen MR) is 106 cm³/mol. The number of rotatable bonds is 5. The molecule has 1 aromatic carbocycles. The standard InChI is InChI=1S/C24H34FN/c1-3-5-17-6-8-18(9-7-17)19-10-12-20(13-11-19)23-15-14-21(16-26)24(25)22(23)4-2/h14-15,17-20H,3-13H2,1-2H3/t17-,18-,19-,20-. The molecule has 0 bridgehead atoms. The lowest BCUT2D eigenvalue weighted by Gasteiger charge is -2.38. The average Bonchev–Trinajstić information content (AvgIpc) is 2.69. The van der Waals surface area contributed by atoms with E-state index in [1.807, 2.05) is 19.1 Å². The zero-order valence-corrected chi connectivity index (χ0v) is 16.6. The lowest BCUT2D eigenvalue weighted by Crippen LogP contribution is -2.25. The van der Waals surface area contributed by atoms with Crippen LogP contribution in [0.25, 0.3) is 0 Å². The molecular weight excluding hydrogens is 321 g/mol. The van der Waals surface area contributed by atoms with Crippen molar-refractivity contribution in [1.29, 1.82) is 5.26 Å². The van der Waals surface area contributed by atoms with Gasteiger partial charge in [0, 0.05) is 0 Å². The van der Waals surface area contributed by atoms with Crippen LogP contribution in [-0.2, 0) is 6.42 Å². The molecule has 0 aliphatic heterocycles. The smallest absolute Gasteiger partial charge is 0.144 e. The number of hydrogen-bond donors (Lipinski definition) is 0. The van der Waals surface area contributed by atoms with Crippen molar-refractivity contribution in [3.63, 3.8) is 0 Å². The summed E-state index contributed by atoms with van der Waals surface area (Å²) >= 11 is 0. The van der Waals surface area contributed by atoms with Gasteiger partial charge in [-0.2, -0.15) is 5.26 Å². The second-order valence-electron chi connectivity index (χ2n) is 8.64. The van der Waals surface area contributed by atoms with Crippen LogP contribution in [0.5, 0.6) is 0 Å². The average molecular weight is 356 g/mol. The third-order valence-electron chi connectivity index (χ3n) is 7.22. The van der Waals surface area contributed by atoms with Gasteiger partial charge in [0.2, 0.25) is 0 Å². The number of benzene rings is 1. The van der Waals surface area contributed by atoms with Gasteiger partial charge in [-0.15, -0.1) is 0 Å². The number of nitriles is 1. The van der Waals surface area contributed by atoms with Gasteiger partial charge in [0.05, 0.1) is 5.56 Å². The van der Waals surface area contributed by atoms with Crippen molar-refractivity contribution in [3.05, 3.63) is 34.6 Å². The third kappa shape index (κ3) is 4.13. The molecule has 0 spiro atoms. The summed E-state index contributed by atoms with van der Waals surface area (Å²) in [5.41, 5.74) is 2.16. The number of nitrogens with zero attached hydrogens (tertiary/aromatic N) is 1. The zero-order valence-electron chi connectivity index (χ0n) is 16.6. The predicted octanol–water partition coefficient (Wildman–Crippen LogP) is 7.14. The highest BCUT2D eigenvalue weighted by Gasteiger charge is 2.32. The van der Waals surface area contributed by atoms with Crippen LogP contribution in [0.2, 0.25) is 0 Å². The van der Waals surface area contributed by atoms with E-state index in [9.17, 15) is 4.39 Å². The highest BCUT2D eigenvalue weighted by molar-refractivity contribution is 5.41. The van der Waals surface area contributed by atoms with E-state index >= 15 is 0 Å². The molecule has 0 saturated heterocycles. The minimum absolute atomic E-state index is 0.197. The molecule has 1 nitrogen and oxygen atoms in total. The first-order valence-corrected chi connectivity index (χ1v) is 10.9. The molecule has 2 aliphatic carbocycles. The fourth-order valence-electron chi connectivity index (χ4n) is 5.72.